The van der Waals surface area contributed by atoms with Gasteiger partial charge in [-0.25, -0.2) is 4.79 Å². The fourth-order valence-corrected chi connectivity index (χ4v) is 3.98. The summed E-state index contributed by atoms with van der Waals surface area (Å²) in [6.07, 6.45) is 3.14. The molecule has 9 heteroatoms. The van der Waals surface area contributed by atoms with Gasteiger partial charge in [0.15, 0.2) is 0 Å². The molecule has 0 spiro atoms. The molecule has 212 valence electrons. The van der Waals surface area contributed by atoms with E-state index >= 15 is 0 Å². The van der Waals surface area contributed by atoms with Gasteiger partial charge in [0.25, 0.3) is 5.91 Å². The number of pyridine rings is 1. The topological polar surface area (TPSA) is 107 Å². The molecule has 0 saturated carbocycles. The predicted molar refractivity (Wildman–Crippen MR) is 153 cm³/mol. The van der Waals surface area contributed by atoms with Gasteiger partial charge < -0.3 is 19.5 Å². The normalized spacial score (nSPS) is 12.2. The summed E-state index contributed by atoms with van der Waals surface area (Å²) in [6, 6.07) is 13.5. The van der Waals surface area contributed by atoms with Crippen molar-refractivity contribution >= 4 is 23.5 Å². The molecule has 40 heavy (non-hydrogen) atoms. The second kappa shape index (κ2) is 12.2. The number of rotatable bonds is 8. The van der Waals surface area contributed by atoms with Crippen LogP contribution in [0.15, 0.2) is 67.0 Å². The van der Waals surface area contributed by atoms with E-state index in [9.17, 15) is 14.4 Å². The summed E-state index contributed by atoms with van der Waals surface area (Å²) in [5.41, 5.74) is 0.167. The summed E-state index contributed by atoms with van der Waals surface area (Å²) in [5.74, 6) is -0.611. The Labute approximate surface area is 235 Å². The number of hydrogen-bond donors (Lipinski definition) is 1. The Bertz CT molecular complexity index is 1340. The van der Waals surface area contributed by atoms with Crippen LogP contribution >= 0.6 is 0 Å². The van der Waals surface area contributed by atoms with E-state index in [4.69, 9.17) is 14.2 Å². The summed E-state index contributed by atoms with van der Waals surface area (Å²) >= 11 is 0. The van der Waals surface area contributed by atoms with Crippen molar-refractivity contribution < 1.29 is 28.6 Å². The molecular weight excluding hydrogens is 510 g/mol. The zero-order valence-corrected chi connectivity index (χ0v) is 24.3. The number of carbonyl (C=O) groups is 3. The highest BCUT2D eigenvalue weighted by molar-refractivity contribution is 6.11. The van der Waals surface area contributed by atoms with Crippen molar-refractivity contribution in [2.45, 2.75) is 58.7 Å². The fourth-order valence-electron chi connectivity index (χ4n) is 3.98. The molecule has 1 aromatic heterocycles. The number of nitrogens with one attached hydrogen (secondary N) is 1. The Morgan fingerprint density at radius 1 is 0.900 bits per heavy atom. The molecule has 1 N–H and O–H groups in total. The van der Waals surface area contributed by atoms with Gasteiger partial charge in [0, 0.05) is 35.2 Å². The van der Waals surface area contributed by atoms with E-state index in [1.807, 2.05) is 20.8 Å². The lowest BCUT2D eigenvalue weighted by Gasteiger charge is -2.34. The summed E-state index contributed by atoms with van der Waals surface area (Å²) in [7, 11) is 2.97. The van der Waals surface area contributed by atoms with Gasteiger partial charge in [-0.1, -0.05) is 6.07 Å². The quantitative estimate of drug-likeness (QED) is 0.379. The number of carbonyl (C=O) groups excluding carboxylic acids is 3. The smallest absolute Gasteiger partial charge is 0.338 e. The average molecular weight is 548 g/mol. The zero-order chi connectivity index (χ0) is 29.7. The molecule has 2 amide bonds. The van der Waals surface area contributed by atoms with Gasteiger partial charge in [-0.3, -0.25) is 19.5 Å². The Morgan fingerprint density at radius 2 is 1.57 bits per heavy atom. The third-order valence-electron chi connectivity index (χ3n) is 5.64. The number of hydrogen-bond acceptors (Lipinski definition) is 7. The van der Waals surface area contributed by atoms with E-state index < -0.39 is 35.0 Å². The zero-order valence-electron chi connectivity index (χ0n) is 24.3. The van der Waals surface area contributed by atoms with Crippen molar-refractivity contribution in [1.29, 1.82) is 0 Å². The van der Waals surface area contributed by atoms with Crippen LogP contribution in [0.3, 0.4) is 0 Å². The molecule has 2 aromatic carbocycles. The van der Waals surface area contributed by atoms with Gasteiger partial charge in [-0.2, -0.15) is 0 Å². The van der Waals surface area contributed by atoms with E-state index in [1.54, 1.807) is 87.8 Å². The molecule has 0 aliphatic rings. The van der Waals surface area contributed by atoms with Gasteiger partial charge in [0.1, 0.15) is 23.1 Å². The van der Waals surface area contributed by atoms with Crippen LogP contribution in [0.1, 0.15) is 73.9 Å². The van der Waals surface area contributed by atoms with Crippen LogP contribution in [0.25, 0.3) is 0 Å². The lowest BCUT2D eigenvalue weighted by Crippen LogP contribution is -2.49. The number of anilines is 1. The van der Waals surface area contributed by atoms with Gasteiger partial charge in [0.05, 0.1) is 25.3 Å². The minimum absolute atomic E-state index is 0.219. The minimum Gasteiger partial charge on any atom is -0.497 e. The number of aromatic nitrogens is 1. The van der Waals surface area contributed by atoms with E-state index in [2.05, 4.69) is 10.3 Å². The average Bonchev–Trinajstić information content (AvgIpc) is 2.89. The lowest BCUT2D eigenvalue weighted by atomic mass is 10.0. The van der Waals surface area contributed by atoms with Gasteiger partial charge in [-0.15, -0.1) is 0 Å². The first kappa shape index (κ1) is 30.1. The highest BCUT2D eigenvalue weighted by atomic mass is 16.6. The molecule has 1 unspecified atom stereocenters. The summed E-state index contributed by atoms with van der Waals surface area (Å²) < 4.78 is 16.3. The summed E-state index contributed by atoms with van der Waals surface area (Å²) in [4.78, 5) is 46.4. The highest BCUT2D eigenvalue weighted by Gasteiger charge is 2.36. The van der Waals surface area contributed by atoms with Gasteiger partial charge in [0.2, 0.25) is 5.91 Å². The lowest BCUT2D eigenvalue weighted by molar-refractivity contribution is -0.123. The van der Waals surface area contributed by atoms with E-state index in [0.717, 1.165) is 0 Å². The van der Waals surface area contributed by atoms with Gasteiger partial charge in [-0.05, 0) is 84.0 Å². The monoisotopic (exact) mass is 547 g/mol. The SMILES string of the molecule is COc1ccc(C(=O)N(c2ccc(C(=O)OC(C)(C)C)cc2)C(C(=O)NC(C)(C)C)c2cccnc2)c(OC)c1. The number of esters is 1. The maximum atomic E-state index is 14.3. The van der Waals surface area contributed by atoms with Crippen molar-refractivity contribution in [2.75, 3.05) is 19.1 Å². The van der Waals surface area contributed by atoms with Crippen LogP contribution in [0.4, 0.5) is 5.69 Å². The van der Waals surface area contributed by atoms with E-state index in [-0.39, 0.29) is 11.3 Å². The largest absolute Gasteiger partial charge is 0.497 e. The van der Waals surface area contributed by atoms with Crippen LogP contribution in [0.5, 0.6) is 11.5 Å². The predicted octanol–water partition coefficient (Wildman–Crippen LogP) is 5.36. The highest BCUT2D eigenvalue weighted by Crippen LogP contribution is 2.34. The molecule has 0 fully saturated rings. The maximum Gasteiger partial charge on any atom is 0.338 e. The van der Waals surface area contributed by atoms with Crippen molar-refractivity contribution in [3.05, 3.63) is 83.7 Å². The third-order valence-corrected chi connectivity index (χ3v) is 5.64. The Kier molecular flexibility index (Phi) is 9.19. The van der Waals surface area contributed by atoms with E-state index in [0.29, 0.717) is 22.6 Å². The number of nitrogens with zero attached hydrogens (tertiary/aromatic N) is 2. The first-order valence-electron chi connectivity index (χ1n) is 12.8. The molecule has 9 nitrogen and oxygen atoms in total. The van der Waals surface area contributed by atoms with Crippen LogP contribution in [-0.2, 0) is 9.53 Å². The number of benzene rings is 2. The number of methoxy groups -OCH3 is 2. The Hall–Kier alpha value is -4.40. The van der Waals surface area contributed by atoms with Crippen molar-refractivity contribution in [1.82, 2.24) is 10.3 Å². The summed E-state index contributed by atoms with van der Waals surface area (Å²) in [6.45, 7) is 10.9. The standard InChI is InChI=1S/C31H37N3O6/c1-30(2,3)33-27(35)26(21-10-9-17-32-19-21)34(28(36)24-16-15-23(38-7)18-25(24)39-8)22-13-11-20(12-14-22)29(37)40-31(4,5)6/h9-19,26H,1-8H3,(H,33,35). The van der Waals surface area contributed by atoms with Crippen LogP contribution < -0.4 is 19.7 Å². The van der Waals surface area contributed by atoms with Crippen LogP contribution in [0.2, 0.25) is 0 Å². The molecule has 1 atom stereocenters. The molecule has 0 saturated heterocycles. The van der Waals surface area contributed by atoms with Gasteiger partial charge >= 0.3 is 5.97 Å². The first-order valence-corrected chi connectivity index (χ1v) is 12.8. The molecule has 0 aliphatic carbocycles. The molecule has 3 aromatic rings. The fraction of sp³-hybridized carbons (Fsp3) is 0.355. The molecular formula is C31H37N3O6. The van der Waals surface area contributed by atoms with Crippen LogP contribution in [0, 0.1) is 0 Å². The van der Waals surface area contributed by atoms with Crippen molar-refractivity contribution in [3.8, 4) is 11.5 Å². The second-order valence-corrected chi connectivity index (χ2v) is 11.2. The second-order valence-electron chi connectivity index (χ2n) is 11.2. The minimum atomic E-state index is -1.10. The summed E-state index contributed by atoms with van der Waals surface area (Å²) in [5, 5.41) is 2.99. The first-order chi connectivity index (χ1) is 18.7. The Balaban J connectivity index is 2.20. The van der Waals surface area contributed by atoms with Crippen LogP contribution in [-0.4, -0.2) is 48.1 Å². The third kappa shape index (κ3) is 7.59. The molecule has 1 heterocycles. The molecule has 0 radical (unpaired) electrons. The van der Waals surface area contributed by atoms with Crippen molar-refractivity contribution in [2.24, 2.45) is 0 Å². The number of ether oxygens (including phenoxy) is 3. The van der Waals surface area contributed by atoms with Crippen molar-refractivity contribution in [3.63, 3.8) is 0 Å². The maximum absolute atomic E-state index is 14.3. The Morgan fingerprint density at radius 3 is 2.10 bits per heavy atom. The number of amides is 2. The van der Waals surface area contributed by atoms with E-state index in [1.165, 1.54) is 19.1 Å². The molecule has 3 rings (SSSR count). The molecule has 0 bridgehead atoms. The molecule has 0 aliphatic heterocycles.